The zero-order chi connectivity index (χ0) is 21.4. The summed E-state index contributed by atoms with van der Waals surface area (Å²) in [5, 5.41) is 3.06. The third-order valence-corrected chi connectivity index (χ3v) is 5.17. The van der Waals surface area contributed by atoms with Gasteiger partial charge in [-0.3, -0.25) is 9.59 Å². The summed E-state index contributed by atoms with van der Waals surface area (Å²) in [5.41, 5.74) is 2.87. The van der Waals surface area contributed by atoms with E-state index in [-0.39, 0.29) is 17.0 Å². The minimum atomic E-state index is -0.689. The lowest BCUT2D eigenvalue weighted by Crippen LogP contribution is -2.33. The molecule has 0 aromatic heterocycles. The summed E-state index contributed by atoms with van der Waals surface area (Å²) in [5.74, 6) is -2.51. The molecule has 0 fully saturated rings. The molecule has 30 heavy (non-hydrogen) atoms. The highest BCUT2D eigenvalue weighted by Crippen LogP contribution is 2.35. The fourth-order valence-electron chi connectivity index (χ4n) is 3.40. The number of halogens is 2. The maximum Gasteiger partial charge on any atom is 0.282 e. The Hall–Kier alpha value is -3.80. The van der Waals surface area contributed by atoms with Crippen LogP contribution in [0, 0.1) is 25.5 Å². The molecule has 4 nitrogen and oxygen atoms in total. The van der Waals surface area contributed by atoms with Gasteiger partial charge in [0.15, 0.2) is 0 Å². The lowest BCUT2D eigenvalue weighted by molar-refractivity contribution is -0.120. The minimum absolute atomic E-state index is 0.0172. The summed E-state index contributed by atoms with van der Waals surface area (Å²) < 4.78 is 27.8. The Morgan fingerprint density at radius 2 is 1.50 bits per heavy atom. The maximum absolute atomic E-state index is 14.4. The molecule has 0 saturated heterocycles. The van der Waals surface area contributed by atoms with Crippen LogP contribution in [-0.4, -0.2) is 11.8 Å². The highest BCUT2D eigenvalue weighted by Gasteiger charge is 2.41. The second-order valence-corrected chi connectivity index (χ2v) is 7.03. The molecule has 4 rings (SSSR count). The molecule has 1 aliphatic heterocycles. The third-order valence-electron chi connectivity index (χ3n) is 5.17. The Kier molecular flexibility index (Phi) is 4.91. The predicted molar refractivity (Wildman–Crippen MR) is 112 cm³/mol. The summed E-state index contributed by atoms with van der Waals surface area (Å²) in [7, 11) is 0. The van der Waals surface area contributed by atoms with E-state index in [4.69, 9.17) is 0 Å². The number of nitrogens with zero attached hydrogens (tertiary/aromatic N) is 1. The molecule has 1 aliphatic rings. The molecule has 0 aliphatic carbocycles. The molecule has 3 aromatic rings. The van der Waals surface area contributed by atoms with Crippen LogP contribution in [0.4, 0.5) is 20.2 Å². The summed E-state index contributed by atoms with van der Waals surface area (Å²) >= 11 is 0. The monoisotopic (exact) mass is 404 g/mol. The number of para-hydroxylation sites is 1. The molecular formula is C24H18F2N2O2. The number of aryl methyl sites for hydroxylation is 1. The Labute approximate surface area is 172 Å². The van der Waals surface area contributed by atoms with E-state index in [0.717, 1.165) is 16.0 Å². The summed E-state index contributed by atoms with van der Waals surface area (Å²) in [6, 6.07) is 16.4. The van der Waals surface area contributed by atoms with Gasteiger partial charge >= 0.3 is 0 Å². The van der Waals surface area contributed by atoms with Gasteiger partial charge in [0.2, 0.25) is 0 Å². The van der Waals surface area contributed by atoms with Crippen LogP contribution in [0.2, 0.25) is 0 Å². The Balaban J connectivity index is 1.87. The zero-order valence-electron chi connectivity index (χ0n) is 16.4. The largest absolute Gasteiger partial charge is 0.350 e. The van der Waals surface area contributed by atoms with Crippen molar-refractivity contribution >= 4 is 28.8 Å². The molecule has 0 atom stereocenters. The van der Waals surface area contributed by atoms with Crippen LogP contribution in [0.15, 0.2) is 72.4 Å². The van der Waals surface area contributed by atoms with Gasteiger partial charge in [-0.05, 0) is 60.9 Å². The van der Waals surface area contributed by atoms with Gasteiger partial charge in [-0.2, -0.15) is 0 Å². The molecule has 0 bridgehead atoms. The summed E-state index contributed by atoms with van der Waals surface area (Å²) in [6.07, 6.45) is 0. The van der Waals surface area contributed by atoms with Crippen LogP contribution in [0.1, 0.15) is 16.7 Å². The molecule has 150 valence electrons. The zero-order valence-corrected chi connectivity index (χ0v) is 16.4. The quantitative estimate of drug-likeness (QED) is 0.624. The molecule has 0 saturated carbocycles. The van der Waals surface area contributed by atoms with Crippen LogP contribution in [-0.2, 0) is 9.59 Å². The number of carbonyl (C=O) groups is 2. The van der Waals surface area contributed by atoms with Crippen molar-refractivity contribution in [1.29, 1.82) is 0 Å². The van der Waals surface area contributed by atoms with Crippen molar-refractivity contribution in [3.05, 3.63) is 101 Å². The van der Waals surface area contributed by atoms with Gasteiger partial charge in [-0.15, -0.1) is 0 Å². The molecule has 1 heterocycles. The van der Waals surface area contributed by atoms with E-state index < -0.39 is 23.4 Å². The molecule has 0 radical (unpaired) electrons. The fraction of sp³-hybridized carbons (Fsp3) is 0.0833. The Bertz CT molecular complexity index is 1200. The number of imide groups is 1. The van der Waals surface area contributed by atoms with Crippen molar-refractivity contribution < 1.29 is 18.4 Å². The van der Waals surface area contributed by atoms with E-state index in [1.807, 2.05) is 26.0 Å². The first-order chi connectivity index (χ1) is 14.4. The van der Waals surface area contributed by atoms with Gasteiger partial charge in [0.25, 0.3) is 11.8 Å². The molecule has 0 unspecified atom stereocenters. The fourth-order valence-corrected chi connectivity index (χ4v) is 3.40. The van der Waals surface area contributed by atoms with Crippen molar-refractivity contribution in [1.82, 2.24) is 0 Å². The first-order valence-corrected chi connectivity index (χ1v) is 9.35. The summed E-state index contributed by atoms with van der Waals surface area (Å²) in [4.78, 5) is 27.3. The van der Waals surface area contributed by atoms with Gasteiger partial charge in [0.05, 0.1) is 11.3 Å². The number of nitrogens with one attached hydrogen (secondary N) is 1. The molecule has 3 aromatic carbocycles. The molecule has 0 spiro atoms. The maximum atomic E-state index is 14.4. The number of hydrogen-bond acceptors (Lipinski definition) is 3. The van der Waals surface area contributed by atoms with E-state index in [1.54, 1.807) is 12.1 Å². The van der Waals surface area contributed by atoms with Gasteiger partial charge in [-0.25, -0.2) is 13.7 Å². The average Bonchev–Trinajstić information content (AvgIpc) is 2.96. The Morgan fingerprint density at radius 1 is 0.800 bits per heavy atom. The molecule has 6 heteroatoms. The van der Waals surface area contributed by atoms with Crippen LogP contribution in [0.3, 0.4) is 0 Å². The van der Waals surface area contributed by atoms with Crippen LogP contribution >= 0.6 is 0 Å². The molecular weight excluding hydrogens is 386 g/mol. The van der Waals surface area contributed by atoms with Crippen molar-refractivity contribution in [2.24, 2.45) is 0 Å². The highest BCUT2D eigenvalue weighted by molar-refractivity contribution is 6.46. The topological polar surface area (TPSA) is 49.4 Å². The Morgan fingerprint density at radius 3 is 2.20 bits per heavy atom. The lowest BCUT2D eigenvalue weighted by atomic mass is 10.0. The van der Waals surface area contributed by atoms with E-state index in [9.17, 15) is 18.4 Å². The van der Waals surface area contributed by atoms with Gasteiger partial charge in [0.1, 0.15) is 17.3 Å². The second-order valence-electron chi connectivity index (χ2n) is 7.03. The smallest absolute Gasteiger partial charge is 0.282 e. The van der Waals surface area contributed by atoms with Crippen molar-refractivity contribution in [3.8, 4) is 0 Å². The minimum Gasteiger partial charge on any atom is -0.350 e. The number of hydrogen-bond donors (Lipinski definition) is 1. The van der Waals surface area contributed by atoms with E-state index >= 15 is 0 Å². The van der Waals surface area contributed by atoms with E-state index in [1.165, 1.54) is 42.5 Å². The first kappa shape index (κ1) is 19.5. The van der Waals surface area contributed by atoms with Crippen LogP contribution < -0.4 is 10.2 Å². The van der Waals surface area contributed by atoms with Crippen LogP contribution in [0.25, 0.3) is 5.57 Å². The molecule has 2 amide bonds. The highest BCUT2D eigenvalue weighted by atomic mass is 19.1. The van der Waals surface area contributed by atoms with Crippen molar-refractivity contribution in [2.45, 2.75) is 13.8 Å². The molecule has 1 N–H and O–H groups in total. The summed E-state index contributed by atoms with van der Waals surface area (Å²) in [6.45, 7) is 3.83. The van der Waals surface area contributed by atoms with E-state index in [2.05, 4.69) is 5.32 Å². The number of anilines is 2. The number of benzene rings is 3. The number of carbonyl (C=O) groups excluding carboxylic acids is 2. The third kappa shape index (κ3) is 3.26. The van der Waals surface area contributed by atoms with Gasteiger partial charge in [0, 0.05) is 5.69 Å². The normalized spacial score (nSPS) is 13.9. The first-order valence-electron chi connectivity index (χ1n) is 9.35. The van der Waals surface area contributed by atoms with Crippen molar-refractivity contribution in [2.75, 3.05) is 10.2 Å². The standard InChI is InChI=1S/C24H18F2N2O2/c1-14-6-5-8-19(15(14)2)27-22-21(16-10-12-17(25)13-11-16)23(29)28(24(22)30)20-9-4-3-7-18(20)26/h3-13,27H,1-2H3. The number of rotatable bonds is 4. The van der Waals surface area contributed by atoms with E-state index in [0.29, 0.717) is 11.3 Å². The SMILES string of the molecule is Cc1cccc(NC2=C(c3ccc(F)cc3)C(=O)N(c3ccccc3F)C2=O)c1C. The second kappa shape index (κ2) is 7.55. The van der Waals surface area contributed by atoms with Gasteiger partial charge < -0.3 is 5.32 Å². The lowest BCUT2D eigenvalue weighted by Gasteiger charge is -2.16. The average molecular weight is 404 g/mol. The van der Waals surface area contributed by atoms with Crippen molar-refractivity contribution in [3.63, 3.8) is 0 Å². The number of amides is 2. The van der Waals surface area contributed by atoms with Crippen LogP contribution in [0.5, 0.6) is 0 Å². The van der Waals surface area contributed by atoms with Gasteiger partial charge in [-0.1, -0.05) is 36.4 Å². The predicted octanol–water partition coefficient (Wildman–Crippen LogP) is 4.98.